The first-order valence-electron chi connectivity index (χ1n) is 7.81. The van der Waals surface area contributed by atoms with E-state index < -0.39 is 35.9 Å². The topological polar surface area (TPSA) is 128 Å². The van der Waals surface area contributed by atoms with E-state index in [1.165, 1.54) is 23.5 Å². The molecule has 2 amide bonds. The van der Waals surface area contributed by atoms with Gasteiger partial charge in [-0.3, -0.25) is 24.5 Å². The zero-order valence-electron chi connectivity index (χ0n) is 14.6. The van der Waals surface area contributed by atoms with E-state index in [9.17, 15) is 24.5 Å². The zero-order valence-corrected chi connectivity index (χ0v) is 15.4. The van der Waals surface area contributed by atoms with Crippen LogP contribution in [0.15, 0.2) is 30.3 Å². The molecule has 0 radical (unpaired) electrons. The predicted molar refractivity (Wildman–Crippen MR) is 98.8 cm³/mol. The van der Waals surface area contributed by atoms with Crippen molar-refractivity contribution in [2.24, 2.45) is 0 Å². The molecule has 0 saturated heterocycles. The molecule has 0 aliphatic heterocycles. The molecule has 0 aliphatic rings. The van der Waals surface area contributed by atoms with Crippen LogP contribution in [0.1, 0.15) is 20.1 Å². The third-order valence-electron chi connectivity index (χ3n) is 3.35. The Hall–Kier alpha value is -3.27. The van der Waals surface area contributed by atoms with E-state index in [0.717, 1.165) is 4.88 Å². The maximum Gasteiger partial charge on any atom is 0.325 e. The molecular weight excluding hydrogens is 374 g/mol. The summed E-state index contributed by atoms with van der Waals surface area (Å²) in [7, 11) is 0. The first kappa shape index (κ1) is 20.0. The molecule has 0 atom stereocenters. The van der Waals surface area contributed by atoms with E-state index >= 15 is 0 Å². The van der Waals surface area contributed by atoms with Gasteiger partial charge in [0.15, 0.2) is 6.61 Å². The van der Waals surface area contributed by atoms with E-state index in [2.05, 4.69) is 10.6 Å². The highest BCUT2D eigenvalue weighted by atomic mass is 32.1. The van der Waals surface area contributed by atoms with Gasteiger partial charge in [-0.25, -0.2) is 0 Å². The molecule has 27 heavy (non-hydrogen) atoms. The average Bonchev–Trinajstić information content (AvgIpc) is 3.05. The number of nitrogens with zero attached hydrogens (tertiary/aromatic N) is 1. The molecule has 142 valence electrons. The molecule has 1 heterocycles. The number of benzene rings is 1. The molecule has 10 heteroatoms. The van der Waals surface area contributed by atoms with Gasteiger partial charge in [-0.05, 0) is 37.6 Å². The number of ether oxygens (including phenoxy) is 1. The minimum atomic E-state index is -0.801. The van der Waals surface area contributed by atoms with Gasteiger partial charge in [0.25, 0.3) is 17.5 Å². The number of rotatable bonds is 7. The van der Waals surface area contributed by atoms with Gasteiger partial charge in [-0.2, -0.15) is 0 Å². The Kier molecular flexibility index (Phi) is 6.61. The number of thiophene rings is 1. The number of hydrogen-bond donors (Lipinski definition) is 2. The summed E-state index contributed by atoms with van der Waals surface area (Å²) in [4.78, 5) is 47.1. The fraction of sp³-hybridized carbons (Fsp3) is 0.235. The minimum absolute atomic E-state index is 0.00742. The highest BCUT2D eigenvalue weighted by Crippen LogP contribution is 2.25. The minimum Gasteiger partial charge on any atom is -0.454 e. The number of nitrogens with one attached hydrogen (secondary N) is 2. The summed E-state index contributed by atoms with van der Waals surface area (Å²) in [5, 5.41) is 15.7. The number of anilines is 1. The highest BCUT2D eigenvalue weighted by molar-refractivity contribution is 7.13. The Morgan fingerprint density at radius 3 is 2.56 bits per heavy atom. The fourth-order valence-electron chi connectivity index (χ4n) is 2.08. The van der Waals surface area contributed by atoms with Crippen LogP contribution in [0.2, 0.25) is 0 Å². The standard InChI is InChI=1S/C17H17N3O6S/c1-10-3-5-12(13(7-10)20(24)25)19-15(21)9-26-16(22)8-18-17(23)14-6-4-11(2)27-14/h3-7H,8-9H2,1-2H3,(H,18,23)(H,19,21). The number of aryl methyl sites for hydroxylation is 2. The molecule has 0 unspecified atom stereocenters. The van der Waals surface area contributed by atoms with Crippen molar-refractivity contribution < 1.29 is 24.0 Å². The molecule has 0 aliphatic carbocycles. The van der Waals surface area contributed by atoms with Crippen molar-refractivity contribution in [3.05, 3.63) is 55.8 Å². The van der Waals surface area contributed by atoms with Gasteiger partial charge < -0.3 is 15.4 Å². The van der Waals surface area contributed by atoms with Crippen LogP contribution in [-0.4, -0.2) is 35.9 Å². The lowest BCUT2D eigenvalue weighted by Gasteiger charge is -2.08. The molecule has 1 aromatic carbocycles. The molecule has 1 aromatic heterocycles. The predicted octanol–water partition coefficient (Wildman–Crippen LogP) is 2.18. The Bertz CT molecular complexity index is 893. The van der Waals surface area contributed by atoms with Crippen molar-refractivity contribution in [1.29, 1.82) is 0 Å². The SMILES string of the molecule is Cc1ccc(NC(=O)COC(=O)CNC(=O)c2ccc(C)s2)c([N+](=O)[O-])c1. The summed E-state index contributed by atoms with van der Waals surface area (Å²) in [6, 6.07) is 7.76. The number of nitro benzene ring substituents is 1. The van der Waals surface area contributed by atoms with Crippen LogP contribution < -0.4 is 10.6 Å². The van der Waals surface area contributed by atoms with Crippen molar-refractivity contribution in [2.45, 2.75) is 13.8 Å². The largest absolute Gasteiger partial charge is 0.454 e. The summed E-state index contributed by atoms with van der Waals surface area (Å²) >= 11 is 1.29. The normalized spacial score (nSPS) is 10.1. The van der Waals surface area contributed by atoms with Crippen LogP contribution in [0.4, 0.5) is 11.4 Å². The number of nitro groups is 1. The smallest absolute Gasteiger partial charge is 0.325 e. The number of carbonyl (C=O) groups is 3. The third-order valence-corrected chi connectivity index (χ3v) is 4.35. The van der Waals surface area contributed by atoms with Crippen molar-refractivity contribution in [3.8, 4) is 0 Å². The Morgan fingerprint density at radius 2 is 1.93 bits per heavy atom. The second kappa shape index (κ2) is 8.90. The second-order valence-electron chi connectivity index (χ2n) is 5.58. The Morgan fingerprint density at radius 1 is 1.19 bits per heavy atom. The summed E-state index contributed by atoms with van der Waals surface area (Å²) in [6.45, 7) is 2.52. The highest BCUT2D eigenvalue weighted by Gasteiger charge is 2.17. The maximum atomic E-state index is 11.8. The van der Waals surface area contributed by atoms with Gasteiger partial charge in [0, 0.05) is 10.9 Å². The lowest BCUT2D eigenvalue weighted by molar-refractivity contribution is -0.384. The van der Waals surface area contributed by atoms with Crippen LogP contribution in [0.5, 0.6) is 0 Å². The second-order valence-corrected chi connectivity index (χ2v) is 6.87. The monoisotopic (exact) mass is 391 g/mol. The van der Waals surface area contributed by atoms with Gasteiger partial charge in [-0.1, -0.05) is 6.07 Å². The molecule has 0 bridgehead atoms. The Balaban J connectivity index is 1.81. The summed E-state index contributed by atoms with van der Waals surface area (Å²) in [5.41, 5.74) is 0.420. The molecule has 0 saturated carbocycles. The first-order chi connectivity index (χ1) is 12.8. The summed E-state index contributed by atoms with van der Waals surface area (Å²) < 4.78 is 4.76. The van der Waals surface area contributed by atoms with E-state index in [4.69, 9.17) is 4.74 Å². The number of esters is 1. The van der Waals surface area contributed by atoms with Crippen molar-refractivity contribution in [1.82, 2.24) is 5.32 Å². The molecule has 2 aromatic rings. The van der Waals surface area contributed by atoms with E-state index in [1.54, 1.807) is 25.1 Å². The summed E-state index contributed by atoms with van der Waals surface area (Å²) in [5.74, 6) is -1.94. The lowest BCUT2D eigenvalue weighted by atomic mass is 10.2. The van der Waals surface area contributed by atoms with Gasteiger partial charge in [0.05, 0.1) is 9.80 Å². The van der Waals surface area contributed by atoms with Crippen molar-refractivity contribution >= 4 is 40.5 Å². The van der Waals surface area contributed by atoms with Gasteiger partial charge in [0.1, 0.15) is 12.2 Å². The van der Waals surface area contributed by atoms with Crippen LogP contribution in [-0.2, 0) is 14.3 Å². The first-order valence-corrected chi connectivity index (χ1v) is 8.63. The van der Waals surface area contributed by atoms with Crippen LogP contribution in [0.25, 0.3) is 0 Å². The number of amides is 2. The number of carbonyl (C=O) groups excluding carboxylic acids is 3. The van der Waals surface area contributed by atoms with Gasteiger partial charge in [0.2, 0.25) is 0 Å². The fourth-order valence-corrected chi connectivity index (χ4v) is 2.86. The van der Waals surface area contributed by atoms with E-state index in [0.29, 0.717) is 10.4 Å². The number of hydrogen-bond acceptors (Lipinski definition) is 7. The van der Waals surface area contributed by atoms with Crippen molar-refractivity contribution in [3.63, 3.8) is 0 Å². The molecule has 2 rings (SSSR count). The lowest BCUT2D eigenvalue weighted by Crippen LogP contribution is -2.31. The average molecular weight is 391 g/mol. The summed E-state index contributed by atoms with van der Waals surface area (Å²) in [6.07, 6.45) is 0. The quantitative estimate of drug-likeness (QED) is 0.423. The molecule has 9 nitrogen and oxygen atoms in total. The van der Waals surface area contributed by atoms with Gasteiger partial charge >= 0.3 is 5.97 Å². The molecule has 0 fully saturated rings. The third kappa shape index (κ3) is 5.89. The molecular formula is C17H17N3O6S. The van der Waals surface area contributed by atoms with Crippen LogP contribution >= 0.6 is 11.3 Å². The van der Waals surface area contributed by atoms with Crippen LogP contribution in [0.3, 0.4) is 0 Å². The Labute approximate surface area is 158 Å². The molecule has 0 spiro atoms. The van der Waals surface area contributed by atoms with E-state index in [-0.39, 0.29) is 11.4 Å². The van der Waals surface area contributed by atoms with Crippen LogP contribution in [0, 0.1) is 24.0 Å². The zero-order chi connectivity index (χ0) is 20.0. The van der Waals surface area contributed by atoms with Crippen molar-refractivity contribution in [2.75, 3.05) is 18.5 Å². The molecule has 2 N–H and O–H groups in total. The van der Waals surface area contributed by atoms with E-state index in [1.807, 2.05) is 6.92 Å². The maximum absolute atomic E-state index is 11.8. The van der Waals surface area contributed by atoms with Gasteiger partial charge in [-0.15, -0.1) is 11.3 Å².